The van der Waals surface area contributed by atoms with Crippen molar-refractivity contribution in [3.05, 3.63) is 59.2 Å². The van der Waals surface area contributed by atoms with Gasteiger partial charge in [0.2, 0.25) is 10.0 Å². The molecule has 1 heterocycles. The molecule has 1 aliphatic heterocycles. The summed E-state index contributed by atoms with van der Waals surface area (Å²) in [5.74, 6) is 0.885. The molecular formula is C23H32N2O3S. The molecule has 0 atom stereocenters. The van der Waals surface area contributed by atoms with Crippen LogP contribution in [0, 0.1) is 0 Å². The number of piperidine rings is 1. The van der Waals surface area contributed by atoms with E-state index in [9.17, 15) is 8.42 Å². The second-order valence-electron chi connectivity index (χ2n) is 8.04. The number of methoxy groups -OCH3 is 1. The topological polar surface area (TPSA) is 58.6 Å². The van der Waals surface area contributed by atoms with Crippen LogP contribution in [0.3, 0.4) is 0 Å². The van der Waals surface area contributed by atoms with E-state index in [1.165, 1.54) is 24.8 Å². The average molecular weight is 417 g/mol. The largest absolute Gasteiger partial charge is 0.496 e. The monoisotopic (exact) mass is 416 g/mol. The van der Waals surface area contributed by atoms with Crippen LogP contribution in [0.5, 0.6) is 5.75 Å². The van der Waals surface area contributed by atoms with Gasteiger partial charge in [0.25, 0.3) is 0 Å². The van der Waals surface area contributed by atoms with Gasteiger partial charge in [-0.3, -0.25) is 4.90 Å². The Hall–Kier alpha value is -1.89. The summed E-state index contributed by atoms with van der Waals surface area (Å²) in [6.45, 7) is 7.54. The molecule has 1 saturated heterocycles. The highest BCUT2D eigenvalue weighted by Crippen LogP contribution is 2.29. The molecule has 0 amide bonds. The summed E-state index contributed by atoms with van der Waals surface area (Å²) in [4.78, 5) is 2.74. The quantitative estimate of drug-likeness (QED) is 0.698. The Kier molecular flexibility index (Phi) is 7.33. The molecule has 0 spiro atoms. The van der Waals surface area contributed by atoms with E-state index >= 15 is 0 Å². The number of hydrogen-bond acceptors (Lipinski definition) is 4. The maximum atomic E-state index is 12.8. The first-order valence-corrected chi connectivity index (χ1v) is 11.8. The number of ether oxygens (including phenoxy) is 1. The third-order valence-electron chi connectivity index (χ3n) is 5.45. The SMILES string of the molecule is COc1ccc(S(=O)(=O)NCc2cccc(CN3CCCCC3)c2)cc1C(C)C. The minimum atomic E-state index is -3.60. The Morgan fingerprint density at radius 3 is 2.45 bits per heavy atom. The van der Waals surface area contributed by atoms with Crippen LogP contribution in [0.4, 0.5) is 0 Å². The van der Waals surface area contributed by atoms with Gasteiger partial charge >= 0.3 is 0 Å². The van der Waals surface area contributed by atoms with Crippen molar-refractivity contribution in [3.63, 3.8) is 0 Å². The van der Waals surface area contributed by atoms with Crippen LogP contribution in [0.1, 0.15) is 55.7 Å². The second-order valence-corrected chi connectivity index (χ2v) is 9.81. The van der Waals surface area contributed by atoms with Gasteiger partial charge in [0.1, 0.15) is 5.75 Å². The number of sulfonamides is 1. The number of likely N-dealkylation sites (tertiary alicyclic amines) is 1. The van der Waals surface area contributed by atoms with Crippen molar-refractivity contribution in [3.8, 4) is 5.75 Å². The molecule has 0 aliphatic carbocycles. The van der Waals surface area contributed by atoms with Crippen LogP contribution in [0.25, 0.3) is 0 Å². The number of nitrogens with zero attached hydrogens (tertiary/aromatic N) is 1. The third kappa shape index (κ3) is 5.81. The zero-order chi connectivity index (χ0) is 20.9. The maximum absolute atomic E-state index is 12.8. The van der Waals surface area contributed by atoms with Gasteiger partial charge in [-0.05, 0) is 66.7 Å². The van der Waals surface area contributed by atoms with Crippen molar-refractivity contribution in [1.29, 1.82) is 0 Å². The van der Waals surface area contributed by atoms with Gasteiger partial charge in [-0.15, -0.1) is 0 Å². The van der Waals surface area contributed by atoms with E-state index in [1.54, 1.807) is 25.3 Å². The van der Waals surface area contributed by atoms with Gasteiger partial charge in [0.15, 0.2) is 0 Å². The Morgan fingerprint density at radius 2 is 1.76 bits per heavy atom. The summed E-state index contributed by atoms with van der Waals surface area (Å²) in [6, 6.07) is 13.2. The van der Waals surface area contributed by atoms with Crippen LogP contribution in [0.15, 0.2) is 47.4 Å². The molecule has 29 heavy (non-hydrogen) atoms. The van der Waals surface area contributed by atoms with Gasteiger partial charge < -0.3 is 4.74 Å². The van der Waals surface area contributed by atoms with Gasteiger partial charge in [0.05, 0.1) is 12.0 Å². The molecule has 0 bridgehead atoms. The van der Waals surface area contributed by atoms with Crippen molar-refractivity contribution >= 4 is 10.0 Å². The fraction of sp³-hybridized carbons (Fsp3) is 0.478. The van der Waals surface area contributed by atoms with Crippen LogP contribution in [0.2, 0.25) is 0 Å². The highest BCUT2D eigenvalue weighted by Gasteiger charge is 2.18. The third-order valence-corrected chi connectivity index (χ3v) is 6.84. The molecule has 5 nitrogen and oxygen atoms in total. The van der Waals surface area contributed by atoms with Crippen LogP contribution in [-0.2, 0) is 23.1 Å². The lowest BCUT2D eigenvalue weighted by Crippen LogP contribution is -2.29. The van der Waals surface area contributed by atoms with E-state index in [0.717, 1.165) is 30.8 Å². The standard InChI is InChI=1S/C23H32N2O3S/c1-18(2)22-15-21(10-11-23(22)28-3)29(26,27)24-16-19-8-7-9-20(14-19)17-25-12-5-4-6-13-25/h7-11,14-15,18,24H,4-6,12-13,16-17H2,1-3H3. The highest BCUT2D eigenvalue weighted by atomic mass is 32.2. The number of rotatable bonds is 8. The fourth-order valence-electron chi connectivity index (χ4n) is 3.81. The Balaban J connectivity index is 1.68. The first-order valence-electron chi connectivity index (χ1n) is 10.4. The lowest BCUT2D eigenvalue weighted by Gasteiger charge is -2.26. The summed E-state index contributed by atoms with van der Waals surface area (Å²) < 4.78 is 33.7. The zero-order valence-corrected chi connectivity index (χ0v) is 18.5. The summed E-state index contributed by atoms with van der Waals surface area (Å²) >= 11 is 0. The van der Waals surface area contributed by atoms with Crippen molar-refractivity contribution in [1.82, 2.24) is 9.62 Å². The summed E-state index contributed by atoms with van der Waals surface area (Å²) in [5, 5.41) is 0. The Morgan fingerprint density at radius 1 is 1.03 bits per heavy atom. The van der Waals surface area contributed by atoms with E-state index in [1.807, 2.05) is 26.0 Å². The molecule has 1 aliphatic rings. The number of hydrogen-bond donors (Lipinski definition) is 1. The summed E-state index contributed by atoms with van der Waals surface area (Å²) in [6.07, 6.45) is 3.85. The van der Waals surface area contributed by atoms with Gasteiger partial charge in [-0.2, -0.15) is 0 Å². The molecule has 0 saturated carbocycles. The minimum Gasteiger partial charge on any atom is -0.496 e. The molecule has 1 N–H and O–H groups in total. The van der Waals surface area contributed by atoms with Crippen molar-refractivity contribution < 1.29 is 13.2 Å². The summed E-state index contributed by atoms with van der Waals surface area (Å²) in [7, 11) is -1.99. The molecule has 158 valence electrons. The normalized spacial score (nSPS) is 15.6. The van der Waals surface area contributed by atoms with Gasteiger partial charge in [0, 0.05) is 13.1 Å². The van der Waals surface area contributed by atoms with E-state index in [2.05, 4.69) is 21.8 Å². The van der Waals surface area contributed by atoms with Gasteiger partial charge in [-0.25, -0.2) is 13.1 Å². The molecule has 0 radical (unpaired) electrons. The molecule has 2 aromatic carbocycles. The van der Waals surface area contributed by atoms with Crippen molar-refractivity contribution in [2.45, 2.75) is 57.0 Å². The molecule has 3 rings (SSSR count). The molecule has 6 heteroatoms. The Labute approximate surface area is 175 Å². The summed E-state index contributed by atoms with van der Waals surface area (Å²) in [5.41, 5.74) is 3.09. The second kappa shape index (κ2) is 9.74. The lowest BCUT2D eigenvalue weighted by atomic mass is 10.0. The predicted octanol–water partition coefficient (Wildman–Crippen LogP) is 4.28. The van der Waals surface area contributed by atoms with E-state index < -0.39 is 10.0 Å². The van der Waals surface area contributed by atoms with Crippen LogP contribution >= 0.6 is 0 Å². The van der Waals surface area contributed by atoms with E-state index in [-0.39, 0.29) is 17.4 Å². The molecule has 0 aromatic heterocycles. The molecule has 0 unspecified atom stereocenters. The van der Waals surface area contributed by atoms with E-state index in [0.29, 0.717) is 5.75 Å². The number of benzene rings is 2. The van der Waals surface area contributed by atoms with Crippen LogP contribution < -0.4 is 9.46 Å². The first kappa shape index (κ1) is 21.8. The fourth-order valence-corrected chi connectivity index (χ4v) is 4.86. The van der Waals surface area contributed by atoms with Crippen molar-refractivity contribution in [2.24, 2.45) is 0 Å². The molecule has 2 aromatic rings. The molecular weight excluding hydrogens is 384 g/mol. The highest BCUT2D eigenvalue weighted by molar-refractivity contribution is 7.89. The Bertz CT molecular complexity index is 919. The smallest absolute Gasteiger partial charge is 0.240 e. The van der Waals surface area contributed by atoms with E-state index in [4.69, 9.17) is 4.74 Å². The average Bonchev–Trinajstić information content (AvgIpc) is 2.73. The first-order chi connectivity index (χ1) is 13.9. The maximum Gasteiger partial charge on any atom is 0.240 e. The lowest BCUT2D eigenvalue weighted by molar-refractivity contribution is 0.221. The number of nitrogens with one attached hydrogen (secondary N) is 1. The van der Waals surface area contributed by atoms with Gasteiger partial charge in [-0.1, -0.05) is 44.5 Å². The molecule has 1 fully saturated rings. The van der Waals surface area contributed by atoms with Crippen molar-refractivity contribution in [2.75, 3.05) is 20.2 Å². The predicted molar refractivity (Wildman–Crippen MR) is 117 cm³/mol. The zero-order valence-electron chi connectivity index (χ0n) is 17.6. The van der Waals surface area contributed by atoms with Crippen LogP contribution in [-0.4, -0.2) is 33.5 Å². The minimum absolute atomic E-state index is 0.173.